The topological polar surface area (TPSA) is 101 Å². The zero-order chi connectivity index (χ0) is 17.0. The molecule has 1 aliphatic rings. The van der Waals surface area contributed by atoms with Gasteiger partial charge in [-0.05, 0) is 25.8 Å². The van der Waals surface area contributed by atoms with Crippen molar-refractivity contribution in [1.29, 1.82) is 0 Å². The Labute approximate surface area is 135 Å². The summed E-state index contributed by atoms with van der Waals surface area (Å²) in [5, 5.41) is 3.27. The van der Waals surface area contributed by atoms with E-state index >= 15 is 0 Å². The largest absolute Gasteiger partial charge is 0.382 e. The van der Waals surface area contributed by atoms with E-state index in [0.717, 1.165) is 12.8 Å². The number of ketones is 1. The Bertz CT molecular complexity index is 648. The number of piperidine rings is 1. The molecule has 1 aromatic rings. The van der Waals surface area contributed by atoms with Crippen molar-refractivity contribution in [1.82, 2.24) is 14.9 Å². The van der Waals surface area contributed by atoms with Crippen LogP contribution in [0.5, 0.6) is 0 Å². The molecule has 0 unspecified atom stereocenters. The molecule has 2 heterocycles. The number of carbonyl (C=O) groups is 2. The highest BCUT2D eigenvalue weighted by atomic mass is 16.2. The van der Waals surface area contributed by atoms with E-state index in [1.807, 2.05) is 0 Å². The van der Waals surface area contributed by atoms with Crippen molar-refractivity contribution < 1.29 is 9.59 Å². The van der Waals surface area contributed by atoms with Gasteiger partial charge in [-0.1, -0.05) is 13.2 Å². The lowest BCUT2D eigenvalue weighted by molar-refractivity contribution is -0.126. The van der Waals surface area contributed by atoms with Gasteiger partial charge in [0.2, 0.25) is 5.91 Å². The molecule has 1 aliphatic heterocycles. The highest BCUT2D eigenvalue weighted by Gasteiger charge is 2.22. The standard InChI is InChI=1S/C16H21N5O2/c1-4-14(23)21-7-5-12(6-8-21)19-13-9-18-16(17)15(20-13)10(2)11(3)22/h4,9,12H,1-2,5-8H2,3H3,(H2,17,18)(H,19,20). The van der Waals surface area contributed by atoms with Gasteiger partial charge in [-0.3, -0.25) is 9.59 Å². The fraction of sp³-hybridized carbons (Fsp3) is 0.375. The fourth-order valence-electron chi connectivity index (χ4n) is 2.44. The molecule has 0 bridgehead atoms. The van der Waals surface area contributed by atoms with Gasteiger partial charge in [0, 0.05) is 24.7 Å². The molecule has 0 saturated carbocycles. The van der Waals surface area contributed by atoms with Gasteiger partial charge in [0.25, 0.3) is 0 Å². The minimum absolute atomic E-state index is 0.0456. The van der Waals surface area contributed by atoms with Crippen molar-refractivity contribution >= 4 is 28.9 Å². The smallest absolute Gasteiger partial charge is 0.245 e. The van der Waals surface area contributed by atoms with Crippen LogP contribution in [0.25, 0.3) is 5.57 Å². The molecule has 3 N–H and O–H groups in total. The molecule has 7 heteroatoms. The van der Waals surface area contributed by atoms with E-state index in [9.17, 15) is 9.59 Å². The highest BCUT2D eigenvalue weighted by molar-refractivity contribution is 6.19. The van der Waals surface area contributed by atoms with Crippen LogP contribution in [-0.4, -0.2) is 45.7 Å². The van der Waals surface area contributed by atoms with Gasteiger partial charge in [-0.15, -0.1) is 0 Å². The number of nitrogen functional groups attached to an aromatic ring is 1. The molecule has 122 valence electrons. The van der Waals surface area contributed by atoms with Gasteiger partial charge in [-0.2, -0.15) is 0 Å². The number of allylic oxidation sites excluding steroid dienone is 1. The van der Waals surface area contributed by atoms with Crippen molar-refractivity contribution in [3.63, 3.8) is 0 Å². The van der Waals surface area contributed by atoms with Gasteiger partial charge < -0.3 is 16.0 Å². The molecule has 2 rings (SSSR count). The lowest BCUT2D eigenvalue weighted by atomic mass is 10.0. The summed E-state index contributed by atoms with van der Waals surface area (Å²) >= 11 is 0. The number of carbonyl (C=O) groups excluding carboxylic acids is 2. The van der Waals surface area contributed by atoms with Crippen LogP contribution in [-0.2, 0) is 9.59 Å². The number of nitrogens with two attached hydrogens (primary N) is 1. The second-order valence-corrected chi connectivity index (χ2v) is 5.47. The molecule has 23 heavy (non-hydrogen) atoms. The minimum Gasteiger partial charge on any atom is -0.382 e. The zero-order valence-corrected chi connectivity index (χ0v) is 13.2. The number of likely N-dealkylation sites (tertiary alicyclic amines) is 1. The number of hydrogen-bond acceptors (Lipinski definition) is 6. The first-order chi connectivity index (χ1) is 10.9. The third kappa shape index (κ3) is 3.94. The van der Waals surface area contributed by atoms with Crippen LogP contribution >= 0.6 is 0 Å². The van der Waals surface area contributed by atoms with Crippen molar-refractivity contribution in [2.75, 3.05) is 24.1 Å². The Morgan fingerprint density at radius 3 is 2.65 bits per heavy atom. The highest BCUT2D eigenvalue weighted by Crippen LogP contribution is 2.20. The molecule has 1 amide bonds. The monoisotopic (exact) mass is 315 g/mol. The molecule has 0 atom stereocenters. The Hall–Kier alpha value is -2.70. The second kappa shape index (κ2) is 7.04. The lowest BCUT2D eigenvalue weighted by Gasteiger charge is -2.32. The van der Waals surface area contributed by atoms with E-state index in [1.165, 1.54) is 19.2 Å². The maximum atomic E-state index is 11.6. The Morgan fingerprint density at radius 1 is 1.43 bits per heavy atom. The predicted molar refractivity (Wildman–Crippen MR) is 89.6 cm³/mol. The number of rotatable bonds is 5. The van der Waals surface area contributed by atoms with Gasteiger partial charge in [0.1, 0.15) is 17.3 Å². The number of amides is 1. The number of hydrogen-bond donors (Lipinski definition) is 2. The minimum atomic E-state index is -0.195. The van der Waals surface area contributed by atoms with Crippen LogP contribution in [0.3, 0.4) is 0 Å². The summed E-state index contributed by atoms with van der Waals surface area (Å²) in [5.41, 5.74) is 6.31. The van der Waals surface area contributed by atoms with Crippen LogP contribution in [0.4, 0.5) is 11.6 Å². The summed E-state index contributed by atoms with van der Waals surface area (Å²) in [6.07, 6.45) is 4.47. The first kappa shape index (κ1) is 16.7. The number of nitrogens with one attached hydrogen (secondary N) is 1. The molecule has 0 radical (unpaired) electrons. The van der Waals surface area contributed by atoms with E-state index < -0.39 is 0 Å². The Balaban J connectivity index is 2.03. The number of nitrogens with zero attached hydrogens (tertiary/aromatic N) is 3. The second-order valence-electron chi connectivity index (χ2n) is 5.47. The van der Waals surface area contributed by atoms with Crippen LogP contribution in [0.1, 0.15) is 25.5 Å². The molecule has 1 saturated heterocycles. The van der Waals surface area contributed by atoms with Gasteiger partial charge >= 0.3 is 0 Å². The molecular formula is C16H21N5O2. The van der Waals surface area contributed by atoms with Crippen LogP contribution in [0.15, 0.2) is 25.4 Å². The number of anilines is 2. The molecule has 7 nitrogen and oxygen atoms in total. The third-order valence-corrected chi connectivity index (χ3v) is 3.84. The first-order valence-electron chi connectivity index (χ1n) is 7.43. The summed E-state index contributed by atoms with van der Waals surface area (Å²) < 4.78 is 0. The maximum absolute atomic E-state index is 11.6. The van der Waals surface area contributed by atoms with Crippen molar-refractivity contribution in [2.24, 2.45) is 0 Å². The zero-order valence-electron chi connectivity index (χ0n) is 13.2. The van der Waals surface area contributed by atoms with Gasteiger partial charge in [0.05, 0.1) is 6.20 Å². The van der Waals surface area contributed by atoms with Crippen molar-refractivity contribution in [3.05, 3.63) is 31.1 Å². The fourth-order valence-corrected chi connectivity index (χ4v) is 2.44. The summed E-state index contributed by atoms with van der Waals surface area (Å²) in [6, 6.07) is 0.181. The summed E-state index contributed by atoms with van der Waals surface area (Å²) in [4.78, 5) is 33.2. The van der Waals surface area contributed by atoms with E-state index in [0.29, 0.717) is 24.6 Å². The average molecular weight is 315 g/mol. The van der Waals surface area contributed by atoms with Gasteiger partial charge in [-0.25, -0.2) is 9.97 Å². The number of aromatic nitrogens is 2. The molecule has 0 spiro atoms. The molecule has 1 aromatic heterocycles. The van der Waals surface area contributed by atoms with Crippen LogP contribution in [0.2, 0.25) is 0 Å². The van der Waals surface area contributed by atoms with Gasteiger partial charge in [0.15, 0.2) is 5.78 Å². The normalized spacial score (nSPS) is 15.1. The third-order valence-electron chi connectivity index (χ3n) is 3.84. The lowest BCUT2D eigenvalue weighted by Crippen LogP contribution is -2.41. The molecule has 1 fully saturated rings. The van der Waals surface area contributed by atoms with E-state index in [2.05, 4.69) is 28.4 Å². The first-order valence-corrected chi connectivity index (χ1v) is 7.43. The SMILES string of the molecule is C=CC(=O)N1CCC(Nc2cnc(N)c(C(=C)C(C)=O)n2)CC1. The summed E-state index contributed by atoms with van der Waals surface area (Å²) in [6.45, 7) is 9.94. The van der Waals surface area contributed by atoms with Crippen molar-refractivity contribution in [2.45, 2.75) is 25.8 Å². The summed E-state index contributed by atoms with van der Waals surface area (Å²) in [5.74, 6) is 0.488. The van der Waals surface area contributed by atoms with Crippen molar-refractivity contribution in [3.8, 4) is 0 Å². The van der Waals surface area contributed by atoms with E-state index in [1.54, 1.807) is 4.90 Å². The quantitative estimate of drug-likeness (QED) is 0.793. The molecule has 0 aromatic carbocycles. The molecule has 0 aliphatic carbocycles. The maximum Gasteiger partial charge on any atom is 0.245 e. The Morgan fingerprint density at radius 2 is 2.09 bits per heavy atom. The summed E-state index contributed by atoms with van der Waals surface area (Å²) in [7, 11) is 0. The van der Waals surface area contributed by atoms with Crippen LogP contribution in [0, 0.1) is 0 Å². The number of Topliss-reactive ketones (excluding diaryl/α,β-unsaturated/α-hetero) is 1. The Kier molecular flexibility index (Phi) is 5.10. The molecular weight excluding hydrogens is 294 g/mol. The predicted octanol–water partition coefficient (Wildman–Crippen LogP) is 1.25. The van der Waals surface area contributed by atoms with E-state index in [-0.39, 0.29) is 29.1 Å². The van der Waals surface area contributed by atoms with E-state index in [4.69, 9.17) is 5.73 Å². The average Bonchev–Trinajstić information content (AvgIpc) is 2.55. The van der Waals surface area contributed by atoms with Crippen LogP contribution < -0.4 is 11.1 Å².